The second-order valence-electron chi connectivity index (χ2n) is 5.56. The van der Waals surface area contributed by atoms with Gasteiger partial charge in [0.1, 0.15) is 5.82 Å². The van der Waals surface area contributed by atoms with Crippen LogP contribution in [0.2, 0.25) is 0 Å². The van der Waals surface area contributed by atoms with Crippen LogP contribution in [0.15, 0.2) is 30.9 Å². The predicted octanol–water partition coefficient (Wildman–Crippen LogP) is 3.35. The highest BCUT2D eigenvalue weighted by atomic mass is 19.1. The second-order valence-corrected chi connectivity index (χ2v) is 5.56. The zero-order valence-corrected chi connectivity index (χ0v) is 12.8. The van der Waals surface area contributed by atoms with E-state index in [1.807, 2.05) is 0 Å². The summed E-state index contributed by atoms with van der Waals surface area (Å²) in [5, 5.41) is 2.40. The maximum atomic E-state index is 13.7. The molecule has 118 valence electrons. The smallest absolute Gasteiger partial charge is 0.254 e. The average molecular weight is 304 g/mol. The van der Waals surface area contributed by atoms with E-state index in [2.05, 4.69) is 11.9 Å². The van der Waals surface area contributed by atoms with Crippen molar-refractivity contribution >= 4 is 17.5 Å². The van der Waals surface area contributed by atoms with E-state index in [0.29, 0.717) is 12.1 Å². The van der Waals surface area contributed by atoms with E-state index in [4.69, 9.17) is 0 Å². The second kappa shape index (κ2) is 7.20. The highest BCUT2D eigenvalue weighted by Gasteiger charge is 2.27. The number of nitrogens with zero attached hydrogens (tertiary/aromatic N) is 1. The van der Waals surface area contributed by atoms with Crippen LogP contribution >= 0.6 is 0 Å². The van der Waals surface area contributed by atoms with Crippen molar-refractivity contribution in [3.63, 3.8) is 0 Å². The molecule has 5 heteroatoms. The topological polar surface area (TPSA) is 49.4 Å². The van der Waals surface area contributed by atoms with Gasteiger partial charge in [-0.1, -0.05) is 18.9 Å². The number of hydrogen-bond acceptors (Lipinski definition) is 2. The average Bonchev–Trinajstić information content (AvgIpc) is 3.00. The Morgan fingerprint density at radius 1 is 1.41 bits per heavy atom. The first kappa shape index (κ1) is 16.2. The molecule has 2 amide bonds. The summed E-state index contributed by atoms with van der Waals surface area (Å²) < 4.78 is 13.7. The molecule has 0 aromatic heterocycles. The van der Waals surface area contributed by atoms with Crippen molar-refractivity contribution in [3.05, 3.63) is 42.2 Å². The molecular weight excluding hydrogens is 283 g/mol. The fourth-order valence-electron chi connectivity index (χ4n) is 2.86. The molecule has 2 rings (SSSR count). The molecule has 1 aliphatic rings. The fourth-order valence-corrected chi connectivity index (χ4v) is 2.86. The highest BCUT2D eigenvalue weighted by molar-refractivity contribution is 5.97. The van der Waals surface area contributed by atoms with Crippen molar-refractivity contribution in [2.24, 2.45) is 0 Å². The van der Waals surface area contributed by atoms with Gasteiger partial charge in [-0.25, -0.2) is 4.39 Å². The fraction of sp³-hybridized carbons (Fsp3) is 0.412. The Balaban J connectivity index is 2.25. The zero-order chi connectivity index (χ0) is 16.1. The van der Waals surface area contributed by atoms with Crippen LogP contribution < -0.4 is 5.32 Å². The Kier molecular flexibility index (Phi) is 5.31. The molecule has 1 fully saturated rings. The van der Waals surface area contributed by atoms with Gasteiger partial charge in [0.05, 0.1) is 5.69 Å². The van der Waals surface area contributed by atoms with Crippen molar-refractivity contribution < 1.29 is 14.0 Å². The standard InChI is InChI=1S/C17H21FN2O2/c1-3-10-20(14-6-4-5-7-14)17(22)13-8-9-15(18)16(11-13)19-12(2)21/h3,8-9,11,14H,1,4-7,10H2,2H3,(H,19,21). The van der Waals surface area contributed by atoms with Crippen molar-refractivity contribution in [1.82, 2.24) is 4.90 Å². The summed E-state index contributed by atoms with van der Waals surface area (Å²) in [5.41, 5.74) is 0.405. The Labute approximate surface area is 130 Å². The molecule has 0 atom stereocenters. The Morgan fingerprint density at radius 2 is 2.09 bits per heavy atom. The summed E-state index contributed by atoms with van der Waals surface area (Å²) in [6, 6.07) is 4.26. The molecule has 1 aromatic rings. The van der Waals surface area contributed by atoms with Crippen molar-refractivity contribution in [1.29, 1.82) is 0 Å². The van der Waals surface area contributed by atoms with E-state index in [9.17, 15) is 14.0 Å². The minimum absolute atomic E-state index is 0.0309. The minimum atomic E-state index is -0.553. The van der Waals surface area contributed by atoms with Gasteiger partial charge in [-0.15, -0.1) is 6.58 Å². The van der Waals surface area contributed by atoms with Gasteiger partial charge in [-0.05, 0) is 31.0 Å². The lowest BCUT2D eigenvalue weighted by molar-refractivity contribution is -0.114. The summed E-state index contributed by atoms with van der Waals surface area (Å²) in [6.07, 6.45) is 5.91. The van der Waals surface area contributed by atoms with Crippen molar-refractivity contribution in [3.8, 4) is 0 Å². The summed E-state index contributed by atoms with van der Waals surface area (Å²) in [7, 11) is 0. The molecule has 0 heterocycles. The maximum Gasteiger partial charge on any atom is 0.254 e. The molecule has 1 aliphatic carbocycles. The lowest BCUT2D eigenvalue weighted by Crippen LogP contribution is -2.39. The lowest BCUT2D eigenvalue weighted by atomic mass is 10.1. The molecule has 0 bridgehead atoms. The first-order valence-electron chi connectivity index (χ1n) is 7.52. The molecule has 0 saturated heterocycles. The van der Waals surface area contributed by atoms with E-state index in [-0.39, 0.29) is 23.5 Å². The van der Waals surface area contributed by atoms with E-state index < -0.39 is 5.82 Å². The van der Waals surface area contributed by atoms with E-state index >= 15 is 0 Å². The monoisotopic (exact) mass is 304 g/mol. The van der Waals surface area contributed by atoms with Crippen LogP contribution in [0.5, 0.6) is 0 Å². The summed E-state index contributed by atoms with van der Waals surface area (Å²) in [4.78, 5) is 25.6. The van der Waals surface area contributed by atoms with Crippen LogP contribution in [0.25, 0.3) is 0 Å². The maximum absolute atomic E-state index is 13.7. The number of hydrogen-bond donors (Lipinski definition) is 1. The van der Waals surface area contributed by atoms with Gasteiger partial charge in [-0.2, -0.15) is 0 Å². The van der Waals surface area contributed by atoms with Crippen LogP contribution in [0.3, 0.4) is 0 Å². The number of nitrogens with one attached hydrogen (secondary N) is 1. The summed E-state index contributed by atoms with van der Waals surface area (Å²) >= 11 is 0. The molecule has 0 aliphatic heterocycles. The summed E-state index contributed by atoms with van der Waals surface area (Å²) in [5.74, 6) is -1.08. The quantitative estimate of drug-likeness (QED) is 0.848. The molecule has 0 radical (unpaired) electrons. The van der Waals surface area contributed by atoms with Gasteiger partial charge in [-0.3, -0.25) is 9.59 Å². The molecule has 1 aromatic carbocycles. The molecule has 22 heavy (non-hydrogen) atoms. The first-order chi connectivity index (χ1) is 10.5. The van der Waals surface area contributed by atoms with Gasteiger partial charge in [0.25, 0.3) is 5.91 Å². The number of halogens is 1. The molecule has 4 nitrogen and oxygen atoms in total. The third-order valence-electron chi connectivity index (χ3n) is 3.88. The van der Waals surface area contributed by atoms with Crippen molar-refractivity contribution in [2.45, 2.75) is 38.6 Å². The highest BCUT2D eigenvalue weighted by Crippen LogP contribution is 2.26. The Morgan fingerprint density at radius 3 is 2.68 bits per heavy atom. The molecular formula is C17H21FN2O2. The summed E-state index contributed by atoms with van der Waals surface area (Å²) in [6.45, 7) is 5.48. The van der Waals surface area contributed by atoms with Gasteiger partial charge >= 0.3 is 0 Å². The molecule has 1 N–H and O–H groups in total. The van der Waals surface area contributed by atoms with Gasteiger partial charge in [0.15, 0.2) is 0 Å². The van der Waals surface area contributed by atoms with Crippen molar-refractivity contribution in [2.75, 3.05) is 11.9 Å². The number of anilines is 1. The number of benzene rings is 1. The van der Waals surface area contributed by atoms with Crippen LogP contribution in [-0.4, -0.2) is 29.3 Å². The number of amides is 2. The predicted molar refractivity (Wildman–Crippen MR) is 84.2 cm³/mol. The SMILES string of the molecule is C=CCN(C(=O)c1ccc(F)c(NC(C)=O)c1)C1CCCC1. The Bertz CT molecular complexity index is 580. The van der Waals surface area contributed by atoms with Crippen LogP contribution in [0, 0.1) is 5.82 Å². The van der Waals surface area contributed by atoms with Gasteiger partial charge < -0.3 is 10.2 Å². The van der Waals surface area contributed by atoms with E-state index in [1.165, 1.54) is 25.1 Å². The van der Waals surface area contributed by atoms with Crippen LogP contribution in [0.4, 0.5) is 10.1 Å². The zero-order valence-electron chi connectivity index (χ0n) is 12.8. The minimum Gasteiger partial charge on any atom is -0.332 e. The number of carbonyl (C=O) groups excluding carboxylic acids is 2. The number of carbonyl (C=O) groups is 2. The van der Waals surface area contributed by atoms with Crippen LogP contribution in [-0.2, 0) is 4.79 Å². The third kappa shape index (κ3) is 3.72. The van der Waals surface area contributed by atoms with Gasteiger partial charge in [0.2, 0.25) is 5.91 Å². The normalized spacial score (nSPS) is 14.6. The number of rotatable bonds is 5. The van der Waals surface area contributed by atoms with E-state index in [1.54, 1.807) is 11.0 Å². The van der Waals surface area contributed by atoms with Gasteiger partial charge in [0, 0.05) is 25.1 Å². The largest absolute Gasteiger partial charge is 0.332 e. The first-order valence-corrected chi connectivity index (χ1v) is 7.52. The third-order valence-corrected chi connectivity index (χ3v) is 3.88. The molecule has 0 unspecified atom stereocenters. The molecule has 1 saturated carbocycles. The molecule has 0 spiro atoms. The van der Waals surface area contributed by atoms with Crippen LogP contribution in [0.1, 0.15) is 43.0 Å². The Hall–Kier alpha value is -2.17. The van der Waals surface area contributed by atoms with E-state index in [0.717, 1.165) is 25.7 Å². The lowest BCUT2D eigenvalue weighted by Gasteiger charge is -2.28.